The Bertz CT molecular complexity index is 545. The van der Waals surface area contributed by atoms with Crippen LogP contribution in [0.4, 0.5) is 4.79 Å². The Labute approximate surface area is 129 Å². The van der Waals surface area contributed by atoms with Crippen molar-refractivity contribution in [2.75, 3.05) is 7.05 Å². The zero-order valence-corrected chi connectivity index (χ0v) is 14.0. The lowest BCUT2D eigenvalue weighted by atomic mass is 9.97. The summed E-state index contributed by atoms with van der Waals surface area (Å²) in [5.41, 5.74) is 1.06. The first kappa shape index (κ1) is 15.9. The van der Waals surface area contributed by atoms with Gasteiger partial charge in [0.05, 0.1) is 16.1 Å². The van der Waals surface area contributed by atoms with Crippen LogP contribution in [0.5, 0.6) is 0 Å². The molecule has 116 valence electrons. The number of aldehydes is 1. The Kier molecular flexibility index (Phi) is 4.10. The second kappa shape index (κ2) is 5.40. The monoisotopic (exact) mass is 310 g/mol. The van der Waals surface area contributed by atoms with Crippen LogP contribution in [-0.4, -0.2) is 34.9 Å². The molecule has 2 rings (SSSR count). The van der Waals surface area contributed by atoms with E-state index in [1.54, 1.807) is 40.3 Å². The molecule has 0 radical (unpaired) electrons. The molecule has 1 amide bonds. The molecule has 1 aliphatic carbocycles. The molecule has 0 aliphatic heterocycles. The van der Waals surface area contributed by atoms with E-state index in [2.05, 4.69) is 4.98 Å². The number of hydrogen-bond donors (Lipinski definition) is 0. The van der Waals surface area contributed by atoms with Crippen molar-refractivity contribution >= 4 is 23.7 Å². The van der Waals surface area contributed by atoms with Crippen molar-refractivity contribution in [3.63, 3.8) is 0 Å². The Balaban J connectivity index is 2.29. The van der Waals surface area contributed by atoms with Gasteiger partial charge in [-0.3, -0.25) is 4.90 Å². The summed E-state index contributed by atoms with van der Waals surface area (Å²) in [6.07, 6.45) is 2.49. The normalized spacial score (nSPS) is 18.0. The highest BCUT2D eigenvalue weighted by atomic mass is 32.1. The van der Waals surface area contributed by atoms with Gasteiger partial charge in [-0.05, 0) is 40.5 Å². The molecular weight excluding hydrogens is 288 g/mol. The first-order chi connectivity index (χ1) is 9.69. The minimum Gasteiger partial charge on any atom is -0.444 e. The van der Waals surface area contributed by atoms with Crippen LogP contribution in [0.1, 0.15) is 57.0 Å². The number of likely N-dealkylation sites (N-methyl/N-ethyl adjacent to an activating group) is 1. The number of thiazole rings is 1. The molecule has 6 heteroatoms. The fourth-order valence-corrected chi connectivity index (χ4v) is 3.12. The van der Waals surface area contributed by atoms with Crippen LogP contribution in [0, 0.1) is 0 Å². The third-order valence-corrected chi connectivity index (χ3v) is 4.68. The third-order valence-electron chi connectivity index (χ3n) is 3.61. The smallest absolute Gasteiger partial charge is 0.411 e. The molecule has 0 N–H and O–H groups in total. The number of carbonyl (C=O) groups is 2. The average molecular weight is 310 g/mol. The van der Waals surface area contributed by atoms with E-state index in [4.69, 9.17) is 4.74 Å². The van der Waals surface area contributed by atoms with E-state index >= 15 is 0 Å². The van der Waals surface area contributed by atoms with Gasteiger partial charge in [0.25, 0.3) is 0 Å². The lowest BCUT2D eigenvalue weighted by Crippen LogP contribution is -2.48. The van der Waals surface area contributed by atoms with E-state index in [0.29, 0.717) is 5.92 Å². The van der Waals surface area contributed by atoms with Crippen molar-refractivity contribution in [3.05, 3.63) is 16.1 Å². The summed E-state index contributed by atoms with van der Waals surface area (Å²) in [4.78, 5) is 30.6. The number of carbonyl (C=O) groups excluding carboxylic acids is 2. The molecule has 1 saturated carbocycles. The Morgan fingerprint density at radius 2 is 2.05 bits per heavy atom. The molecule has 0 saturated heterocycles. The van der Waals surface area contributed by atoms with Gasteiger partial charge in [0.2, 0.25) is 0 Å². The summed E-state index contributed by atoms with van der Waals surface area (Å²) in [6, 6.07) is 0. The van der Waals surface area contributed by atoms with Gasteiger partial charge in [-0.25, -0.2) is 9.78 Å². The van der Waals surface area contributed by atoms with Crippen LogP contribution >= 0.6 is 11.3 Å². The quantitative estimate of drug-likeness (QED) is 0.801. The number of hydrogen-bond acceptors (Lipinski definition) is 5. The first-order valence-corrected chi connectivity index (χ1v) is 7.94. The number of aromatic nitrogens is 1. The van der Waals surface area contributed by atoms with E-state index < -0.39 is 17.2 Å². The van der Waals surface area contributed by atoms with Crippen LogP contribution in [-0.2, 0) is 15.1 Å². The molecule has 1 fully saturated rings. The lowest BCUT2D eigenvalue weighted by molar-refractivity contribution is -0.117. The predicted octanol–water partition coefficient (Wildman–Crippen LogP) is 3.30. The molecule has 5 nitrogen and oxygen atoms in total. The Morgan fingerprint density at radius 1 is 1.43 bits per heavy atom. The van der Waals surface area contributed by atoms with Gasteiger partial charge in [0, 0.05) is 13.0 Å². The van der Waals surface area contributed by atoms with Gasteiger partial charge in [-0.1, -0.05) is 0 Å². The van der Waals surface area contributed by atoms with E-state index in [0.717, 1.165) is 29.7 Å². The summed E-state index contributed by atoms with van der Waals surface area (Å²) < 4.78 is 5.37. The molecule has 0 bridgehead atoms. The van der Waals surface area contributed by atoms with Crippen LogP contribution in [0.2, 0.25) is 0 Å². The van der Waals surface area contributed by atoms with Crippen LogP contribution in [0.25, 0.3) is 0 Å². The van der Waals surface area contributed by atoms with Crippen molar-refractivity contribution in [1.82, 2.24) is 9.88 Å². The van der Waals surface area contributed by atoms with Crippen LogP contribution in [0.15, 0.2) is 5.51 Å². The minimum absolute atomic E-state index is 0.428. The molecule has 0 aromatic carbocycles. The topological polar surface area (TPSA) is 59.5 Å². The average Bonchev–Trinajstić information content (AvgIpc) is 3.12. The minimum atomic E-state index is -1.04. The number of rotatable bonds is 4. The largest absolute Gasteiger partial charge is 0.444 e. The van der Waals surface area contributed by atoms with Crippen LogP contribution < -0.4 is 0 Å². The standard InChI is InChI=1S/C15H22N2O3S/c1-14(2,3)20-13(19)17(5)15(4,8-18)12-11(10-6-7-10)16-9-21-12/h8-10H,6-7H2,1-5H3. The van der Waals surface area contributed by atoms with Crippen molar-refractivity contribution in [2.45, 2.75) is 57.6 Å². The molecule has 1 heterocycles. The molecule has 1 atom stereocenters. The fraction of sp³-hybridized carbons (Fsp3) is 0.667. The SMILES string of the molecule is CN(C(=O)OC(C)(C)C)C(C)(C=O)c1scnc1C1CC1. The van der Waals surface area contributed by atoms with Gasteiger partial charge in [-0.15, -0.1) is 11.3 Å². The van der Waals surface area contributed by atoms with Crippen molar-refractivity contribution in [1.29, 1.82) is 0 Å². The van der Waals surface area contributed by atoms with Gasteiger partial charge in [0.15, 0.2) is 6.29 Å². The molecule has 1 unspecified atom stereocenters. The summed E-state index contributed by atoms with van der Waals surface area (Å²) in [5, 5.41) is 0. The second-order valence-electron chi connectivity index (χ2n) is 6.65. The number of ether oxygens (including phenoxy) is 1. The second-order valence-corrected chi connectivity index (χ2v) is 7.50. The highest BCUT2D eigenvalue weighted by molar-refractivity contribution is 7.10. The molecule has 1 aromatic heterocycles. The molecule has 1 aliphatic rings. The summed E-state index contributed by atoms with van der Waals surface area (Å²) >= 11 is 1.42. The maximum Gasteiger partial charge on any atom is 0.411 e. The van der Waals surface area contributed by atoms with Gasteiger partial charge >= 0.3 is 6.09 Å². The summed E-state index contributed by atoms with van der Waals surface area (Å²) in [5.74, 6) is 0.428. The maximum atomic E-state index is 12.3. The lowest BCUT2D eigenvalue weighted by Gasteiger charge is -2.35. The van der Waals surface area contributed by atoms with E-state index in [1.165, 1.54) is 16.2 Å². The zero-order valence-electron chi connectivity index (χ0n) is 13.2. The van der Waals surface area contributed by atoms with Crippen molar-refractivity contribution in [3.8, 4) is 0 Å². The number of amides is 1. The highest BCUT2D eigenvalue weighted by Crippen LogP contribution is 2.45. The molecule has 1 aromatic rings. The molecule has 0 spiro atoms. The summed E-state index contributed by atoms with van der Waals surface area (Å²) in [7, 11) is 1.60. The first-order valence-electron chi connectivity index (χ1n) is 7.06. The molecule has 21 heavy (non-hydrogen) atoms. The van der Waals surface area contributed by atoms with E-state index in [1.807, 2.05) is 0 Å². The van der Waals surface area contributed by atoms with E-state index in [-0.39, 0.29) is 0 Å². The molecular formula is C15H22N2O3S. The third kappa shape index (κ3) is 3.26. The van der Waals surface area contributed by atoms with Crippen LogP contribution in [0.3, 0.4) is 0 Å². The maximum absolute atomic E-state index is 12.3. The number of nitrogens with zero attached hydrogens (tertiary/aromatic N) is 2. The van der Waals surface area contributed by atoms with Crippen molar-refractivity contribution < 1.29 is 14.3 Å². The Morgan fingerprint density at radius 3 is 2.52 bits per heavy atom. The van der Waals surface area contributed by atoms with Gasteiger partial charge in [-0.2, -0.15) is 0 Å². The van der Waals surface area contributed by atoms with Crippen molar-refractivity contribution in [2.24, 2.45) is 0 Å². The van der Waals surface area contributed by atoms with Gasteiger partial charge in [0.1, 0.15) is 11.1 Å². The zero-order chi connectivity index (χ0) is 15.8. The summed E-state index contributed by atoms with van der Waals surface area (Å²) in [6.45, 7) is 7.15. The predicted molar refractivity (Wildman–Crippen MR) is 81.5 cm³/mol. The highest BCUT2D eigenvalue weighted by Gasteiger charge is 2.42. The fourth-order valence-electron chi connectivity index (χ4n) is 2.09. The van der Waals surface area contributed by atoms with E-state index in [9.17, 15) is 9.59 Å². The van der Waals surface area contributed by atoms with Gasteiger partial charge < -0.3 is 9.53 Å². The Hall–Kier alpha value is -1.43.